The maximum atomic E-state index is 13.0. The van der Waals surface area contributed by atoms with E-state index in [-0.39, 0.29) is 11.8 Å². The van der Waals surface area contributed by atoms with E-state index >= 15 is 0 Å². The molecule has 2 amide bonds. The lowest BCUT2D eigenvalue weighted by Gasteiger charge is -2.14. The predicted molar refractivity (Wildman–Crippen MR) is 137 cm³/mol. The van der Waals surface area contributed by atoms with Crippen molar-refractivity contribution in [3.05, 3.63) is 88.4 Å². The third-order valence-corrected chi connectivity index (χ3v) is 5.52. The molecular formula is C27H29BrN2O3. The minimum absolute atomic E-state index is 0.0739. The molecule has 3 rings (SSSR count). The second-order valence-electron chi connectivity index (χ2n) is 8.24. The Balaban J connectivity index is 1.62. The van der Waals surface area contributed by atoms with E-state index < -0.39 is 0 Å². The standard InChI is InChI=1S/C27H29BrN2O3/c1-19(2)15-16-33-25-13-12-21(28)17-24(25)27(32)30-23-10-6-9-22(18-23)29-26(31)14-11-20-7-4-3-5-8-20/h3-10,12-13,17-19H,11,14-16H2,1-2H3,(H,29,31)(H,30,32). The van der Waals surface area contributed by atoms with Crippen LogP contribution in [0.25, 0.3) is 0 Å². The summed E-state index contributed by atoms with van der Waals surface area (Å²) in [7, 11) is 0. The summed E-state index contributed by atoms with van der Waals surface area (Å²) >= 11 is 3.43. The van der Waals surface area contributed by atoms with Crippen molar-refractivity contribution in [2.75, 3.05) is 17.2 Å². The minimum atomic E-state index is -0.275. The summed E-state index contributed by atoms with van der Waals surface area (Å²) in [4.78, 5) is 25.3. The summed E-state index contributed by atoms with van der Waals surface area (Å²) < 4.78 is 6.66. The van der Waals surface area contributed by atoms with E-state index in [1.165, 1.54) is 0 Å². The molecule has 0 fully saturated rings. The van der Waals surface area contributed by atoms with E-state index in [4.69, 9.17) is 4.74 Å². The fourth-order valence-electron chi connectivity index (χ4n) is 3.21. The summed E-state index contributed by atoms with van der Waals surface area (Å²) in [5, 5.41) is 5.81. The Hall–Kier alpha value is -3.12. The molecule has 2 N–H and O–H groups in total. The number of carbonyl (C=O) groups is 2. The second kappa shape index (κ2) is 12.2. The predicted octanol–water partition coefficient (Wildman–Crippen LogP) is 6.70. The normalized spacial score (nSPS) is 10.7. The molecule has 0 aliphatic carbocycles. The monoisotopic (exact) mass is 508 g/mol. The molecule has 0 radical (unpaired) electrons. The highest BCUT2D eigenvalue weighted by Gasteiger charge is 2.14. The van der Waals surface area contributed by atoms with Crippen LogP contribution in [-0.4, -0.2) is 18.4 Å². The van der Waals surface area contributed by atoms with Gasteiger partial charge < -0.3 is 15.4 Å². The van der Waals surface area contributed by atoms with E-state index in [2.05, 4.69) is 40.4 Å². The third-order valence-electron chi connectivity index (χ3n) is 5.03. The van der Waals surface area contributed by atoms with Crippen LogP contribution in [0.15, 0.2) is 77.3 Å². The quantitative estimate of drug-likeness (QED) is 0.320. The summed E-state index contributed by atoms with van der Waals surface area (Å²) in [6.07, 6.45) is 1.96. The lowest BCUT2D eigenvalue weighted by Crippen LogP contribution is -2.15. The van der Waals surface area contributed by atoms with Crippen LogP contribution >= 0.6 is 15.9 Å². The number of halogens is 1. The van der Waals surface area contributed by atoms with Gasteiger partial charge in [0.05, 0.1) is 12.2 Å². The van der Waals surface area contributed by atoms with Crippen molar-refractivity contribution in [2.24, 2.45) is 5.92 Å². The molecule has 0 unspecified atom stereocenters. The van der Waals surface area contributed by atoms with Crippen molar-refractivity contribution in [3.63, 3.8) is 0 Å². The number of ether oxygens (including phenoxy) is 1. The number of amides is 2. The minimum Gasteiger partial charge on any atom is -0.493 e. The van der Waals surface area contributed by atoms with Crippen molar-refractivity contribution in [3.8, 4) is 5.75 Å². The van der Waals surface area contributed by atoms with Crippen molar-refractivity contribution >= 4 is 39.1 Å². The van der Waals surface area contributed by atoms with Gasteiger partial charge in [0.15, 0.2) is 0 Å². The molecular weight excluding hydrogens is 480 g/mol. The van der Waals surface area contributed by atoms with Gasteiger partial charge in [-0.3, -0.25) is 9.59 Å². The first-order valence-electron chi connectivity index (χ1n) is 11.1. The van der Waals surface area contributed by atoms with Crippen LogP contribution in [-0.2, 0) is 11.2 Å². The van der Waals surface area contributed by atoms with Gasteiger partial charge >= 0.3 is 0 Å². The molecule has 33 heavy (non-hydrogen) atoms. The summed E-state index contributed by atoms with van der Waals surface area (Å²) in [6, 6.07) is 22.4. The number of benzene rings is 3. The smallest absolute Gasteiger partial charge is 0.259 e. The zero-order chi connectivity index (χ0) is 23.6. The number of hydrogen-bond acceptors (Lipinski definition) is 3. The Kier molecular flexibility index (Phi) is 9.07. The van der Waals surface area contributed by atoms with Gasteiger partial charge in [-0.2, -0.15) is 0 Å². The zero-order valence-electron chi connectivity index (χ0n) is 18.9. The van der Waals surface area contributed by atoms with Gasteiger partial charge in [0.1, 0.15) is 5.75 Å². The Morgan fingerprint density at radius 2 is 1.64 bits per heavy atom. The number of aryl methyl sites for hydroxylation is 1. The van der Waals surface area contributed by atoms with E-state index in [1.807, 2.05) is 36.4 Å². The first kappa shape index (κ1) is 24.5. The molecule has 6 heteroatoms. The van der Waals surface area contributed by atoms with Gasteiger partial charge in [0.2, 0.25) is 5.91 Å². The van der Waals surface area contributed by atoms with Crippen LogP contribution in [0.4, 0.5) is 11.4 Å². The average molecular weight is 509 g/mol. The van der Waals surface area contributed by atoms with E-state index in [0.717, 1.165) is 16.5 Å². The van der Waals surface area contributed by atoms with Crippen LogP contribution < -0.4 is 15.4 Å². The molecule has 3 aromatic rings. The molecule has 0 aliphatic rings. The van der Waals surface area contributed by atoms with Gasteiger partial charge in [-0.25, -0.2) is 0 Å². The molecule has 0 saturated carbocycles. The first-order chi connectivity index (χ1) is 15.9. The summed E-state index contributed by atoms with van der Waals surface area (Å²) in [5.74, 6) is 0.712. The number of carbonyl (C=O) groups excluding carboxylic acids is 2. The zero-order valence-corrected chi connectivity index (χ0v) is 20.5. The molecule has 3 aromatic carbocycles. The molecule has 0 aliphatic heterocycles. The fourth-order valence-corrected chi connectivity index (χ4v) is 3.57. The maximum Gasteiger partial charge on any atom is 0.259 e. The molecule has 5 nitrogen and oxygen atoms in total. The highest BCUT2D eigenvalue weighted by atomic mass is 79.9. The summed E-state index contributed by atoms with van der Waals surface area (Å²) in [5.41, 5.74) is 2.79. The van der Waals surface area contributed by atoms with Gasteiger partial charge in [-0.1, -0.05) is 66.2 Å². The molecule has 0 heterocycles. The average Bonchev–Trinajstić information content (AvgIpc) is 2.79. The SMILES string of the molecule is CC(C)CCOc1ccc(Br)cc1C(=O)Nc1cccc(NC(=O)CCc2ccccc2)c1. The van der Waals surface area contributed by atoms with Gasteiger partial charge in [-0.05, 0) is 60.7 Å². The van der Waals surface area contributed by atoms with Crippen molar-refractivity contribution in [2.45, 2.75) is 33.1 Å². The van der Waals surface area contributed by atoms with E-state index in [1.54, 1.807) is 36.4 Å². The van der Waals surface area contributed by atoms with Crippen molar-refractivity contribution < 1.29 is 14.3 Å². The van der Waals surface area contributed by atoms with Crippen molar-refractivity contribution in [1.82, 2.24) is 0 Å². The Bertz CT molecular complexity index is 1080. The topological polar surface area (TPSA) is 67.4 Å². The Morgan fingerprint density at radius 1 is 0.909 bits per heavy atom. The Morgan fingerprint density at radius 3 is 2.36 bits per heavy atom. The highest BCUT2D eigenvalue weighted by Crippen LogP contribution is 2.25. The molecule has 0 saturated heterocycles. The van der Waals surface area contributed by atoms with Crippen molar-refractivity contribution in [1.29, 1.82) is 0 Å². The van der Waals surface area contributed by atoms with Crippen LogP contribution in [0, 0.1) is 5.92 Å². The largest absolute Gasteiger partial charge is 0.493 e. The molecule has 0 spiro atoms. The maximum absolute atomic E-state index is 13.0. The first-order valence-corrected chi connectivity index (χ1v) is 11.9. The lowest BCUT2D eigenvalue weighted by atomic mass is 10.1. The van der Waals surface area contributed by atoms with Crippen LogP contribution in [0.3, 0.4) is 0 Å². The van der Waals surface area contributed by atoms with Gasteiger partial charge in [-0.15, -0.1) is 0 Å². The second-order valence-corrected chi connectivity index (χ2v) is 9.16. The molecule has 0 bridgehead atoms. The number of hydrogen-bond donors (Lipinski definition) is 2. The Labute approximate surface area is 203 Å². The van der Waals surface area contributed by atoms with E-state index in [9.17, 15) is 9.59 Å². The molecule has 172 valence electrons. The highest BCUT2D eigenvalue weighted by molar-refractivity contribution is 9.10. The number of anilines is 2. The summed E-state index contributed by atoms with van der Waals surface area (Å²) in [6.45, 7) is 4.81. The lowest BCUT2D eigenvalue weighted by molar-refractivity contribution is -0.116. The fraction of sp³-hybridized carbons (Fsp3) is 0.259. The number of rotatable bonds is 10. The van der Waals surface area contributed by atoms with Gasteiger partial charge in [0.25, 0.3) is 5.91 Å². The molecule has 0 aromatic heterocycles. The van der Waals surface area contributed by atoms with Crippen LogP contribution in [0.2, 0.25) is 0 Å². The van der Waals surface area contributed by atoms with Gasteiger partial charge in [0, 0.05) is 22.3 Å². The third kappa shape index (κ3) is 8.06. The van der Waals surface area contributed by atoms with E-state index in [0.29, 0.717) is 48.1 Å². The molecule has 0 atom stereocenters. The van der Waals surface area contributed by atoms with Crippen LogP contribution in [0.5, 0.6) is 5.75 Å². The van der Waals surface area contributed by atoms with Crippen LogP contribution in [0.1, 0.15) is 42.6 Å². The number of nitrogens with one attached hydrogen (secondary N) is 2.